The van der Waals surface area contributed by atoms with Crippen molar-refractivity contribution in [1.29, 1.82) is 0 Å². The van der Waals surface area contributed by atoms with Gasteiger partial charge in [0.05, 0.1) is 16.9 Å². The lowest BCUT2D eigenvalue weighted by Crippen LogP contribution is -2.32. The molecule has 0 spiro atoms. The van der Waals surface area contributed by atoms with Gasteiger partial charge in [0.15, 0.2) is 0 Å². The first-order valence-electron chi connectivity index (χ1n) is 5.38. The van der Waals surface area contributed by atoms with Crippen LogP contribution in [0.15, 0.2) is 12.1 Å². The highest BCUT2D eigenvalue weighted by Crippen LogP contribution is 2.23. The number of carboxylic acid groups (broad SMARTS) is 1. The molecule has 100 valence electrons. The van der Waals surface area contributed by atoms with Gasteiger partial charge in [-0.3, -0.25) is 0 Å². The van der Waals surface area contributed by atoms with Gasteiger partial charge < -0.3 is 20.9 Å². The number of rotatable bonds is 5. The highest BCUT2D eigenvalue weighted by molar-refractivity contribution is 5.94. The third-order valence-corrected chi connectivity index (χ3v) is 2.63. The Morgan fingerprint density at radius 1 is 1.56 bits per heavy atom. The summed E-state index contributed by atoms with van der Waals surface area (Å²) in [5.74, 6) is -1.79. The summed E-state index contributed by atoms with van der Waals surface area (Å²) < 4.78 is 18.8. The van der Waals surface area contributed by atoms with Crippen LogP contribution in [-0.2, 0) is 4.74 Å². The smallest absolute Gasteiger partial charge is 0.337 e. The molecule has 4 N–H and O–H groups in total. The van der Waals surface area contributed by atoms with E-state index >= 15 is 0 Å². The van der Waals surface area contributed by atoms with Crippen molar-refractivity contribution < 1.29 is 19.0 Å². The first-order chi connectivity index (χ1) is 8.26. The number of hydrogen-bond donors (Lipinski definition) is 3. The van der Waals surface area contributed by atoms with Crippen molar-refractivity contribution in [1.82, 2.24) is 0 Å². The second-order valence-corrected chi connectivity index (χ2v) is 4.54. The number of benzene rings is 1. The van der Waals surface area contributed by atoms with Crippen LogP contribution in [0.4, 0.5) is 15.8 Å². The maximum absolute atomic E-state index is 13.6. The monoisotopic (exact) mass is 256 g/mol. The van der Waals surface area contributed by atoms with Crippen LogP contribution >= 0.6 is 0 Å². The van der Waals surface area contributed by atoms with E-state index in [1.165, 1.54) is 6.07 Å². The summed E-state index contributed by atoms with van der Waals surface area (Å²) in [5.41, 5.74) is 4.80. The second-order valence-electron chi connectivity index (χ2n) is 4.54. The molecular formula is C12H17FN2O3. The molecule has 0 heterocycles. The minimum absolute atomic E-state index is 0.0896. The van der Waals surface area contributed by atoms with E-state index in [9.17, 15) is 9.18 Å². The van der Waals surface area contributed by atoms with Gasteiger partial charge in [-0.15, -0.1) is 0 Å². The second kappa shape index (κ2) is 5.22. The van der Waals surface area contributed by atoms with Gasteiger partial charge in [-0.05, 0) is 26.0 Å². The molecule has 0 aliphatic rings. The molecule has 0 radical (unpaired) electrons. The summed E-state index contributed by atoms with van der Waals surface area (Å²) in [4.78, 5) is 10.9. The lowest BCUT2D eigenvalue weighted by molar-refractivity contribution is 0.0343. The van der Waals surface area contributed by atoms with Crippen molar-refractivity contribution in [3.8, 4) is 0 Å². The first kappa shape index (κ1) is 14.2. The number of nitrogen functional groups attached to an aromatic ring is 1. The lowest BCUT2D eigenvalue weighted by Gasteiger charge is -2.24. The normalized spacial score (nSPS) is 11.3. The van der Waals surface area contributed by atoms with Crippen molar-refractivity contribution in [2.75, 3.05) is 24.7 Å². The fourth-order valence-electron chi connectivity index (χ4n) is 1.29. The number of halogens is 1. The molecule has 5 nitrogen and oxygen atoms in total. The topological polar surface area (TPSA) is 84.6 Å². The third-order valence-electron chi connectivity index (χ3n) is 2.63. The molecule has 0 saturated carbocycles. The Kier molecular flexibility index (Phi) is 4.13. The van der Waals surface area contributed by atoms with Crippen LogP contribution in [0.25, 0.3) is 0 Å². The van der Waals surface area contributed by atoms with Crippen molar-refractivity contribution in [3.05, 3.63) is 23.5 Å². The Morgan fingerprint density at radius 2 is 2.17 bits per heavy atom. The average Bonchev–Trinajstić information content (AvgIpc) is 2.27. The van der Waals surface area contributed by atoms with Gasteiger partial charge in [-0.2, -0.15) is 0 Å². The largest absolute Gasteiger partial charge is 0.478 e. The molecule has 1 aromatic rings. The zero-order valence-corrected chi connectivity index (χ0v) is 10.6. The number of anilines is 2. The van der Waals surface area contributed by atoms with Crippen molar-refractivity contribution in [2.45, 2.75) is 19.4 Å². The SMILES string of the molecule is COC(C)(C)CNc1cc(C(=O)O)c(N)cc1F. The van der Waals surface area contributed by atoms with Gasteiger partial charge in [0, 0.05) is 19.3 Å². The number of hydrogen-bond acceptors (Lipinski definition) is 4. The highest BCUT2D eigenvalue weighted by atomic mass is 19.1. The zero-order valence-electron chi connectivity index (χ0n) is 10.6. The molecule has 1 aromatic carbocycles. The van der Waals surface area contributed by atoms with E-state index in [4.69, 9.17) is 15.6 Å². The summed E-state index contributed by atoms with van der Waals surface area (Å²) >= 11 is 0. The molecule has 18 heavy (non-hydrogen) atoms. The number of aromatic carboxylic acids is 1. The summed E-state index contributed by atoms with van der Waals surface area (Å²) in [6, 6.07) is 2.17. The fourth-order valence-corrected chi connectivity index (χ4v) is 1.29. The molecule has 0 aliphatic carbocycles. The van der Waals surface area contributed by atoms with E-state index in [-0.39, 0.29) is 16.9 Å². The van der Waals surface area contributed by atoms with Gasteiger partial charge in [0.25, 0.3) is 0 Å². The zero-order chi connectivity index (χ0) is 13.9. The predicted molar refractivity (Wildman–Crippen MR) is 67.3 cm³/mol. The molecule has 6 heteroatoms. The van der Waals surface area contributed by atoms with Crippen molar-refractivity contribution >= 4 is 17.3 Å². The van der Waals surface area contributed by atoms with E-state index in [2.05, 4.69) is 5.32 Å². The number of carboxylic acids is 1. The minimum atomic E-state index is -1.19. The van der Waals surface area contributed by atoms with E-state index in [1.54, 1.807) is 7.11 Å². The van der Waals surface area contributed by atoms with E-state index in [0.29, 0.717) is 6.54 Å². The van der Waals surface area contributed by atoms with Crippen LogP contribution in [-0.4, -0.2) is 30.3 Å². The van der Waals surface area contributed by atoms with Gasteiger partial charge in [0.1, 0.15) is 5.82 Å². The average molecular weight is 256 g/mol. The van der Waals surface area contributed by atoms with Crippen molar-refractivity contribution in [3.63, 3.8) is 0 Å². The lowest BCUT2D eigenvalue weighted by atomic mass is 10.1. The molecule has 0 saturated heterocycles. The molecule has 1 rings (SSSR count). The Labute approximate surface area is 105 Å². The van der Waals surface area contributed by atoms with E-state index in [1.807, 2.05) is 13.8 Å². The number of methoxy groups -OCH3 is 1. The number of carbonyl (C=O) groups is 1. The van der Waals surface area contributed by atoms with Crippen molar-refractivity contribution in [2.24, 2.45) is 0 Å². The van der Waals surface area contributed by atoms with E-state index in [0.717, 1.165) is 6.07 Å². The number of ether oxygens (including phenoxy) is 1. The molecule has 0 bridgehead atoms. The van der Waals surface area contributed by atoms with Crippen LogP contribution in [0.5, 0.6) is 0 Å². The van der Waals surface area contributed by atoms with Gasteiger partial charge in [-0.25, -0.2) is 9.18 Å². The van der Waals surface area contributed by atoms with Gasteiger partial charge in [0.2, 0.25) is 0 Å². The first-order valence-corrected chi connectivity index (χ1v) is 5.38. The summed E-state index contributed by atoms with van der Waals surface area (Å²) in [6.45, 7) is 3.99. The Morgan fingerprint density at radius 3 is 2.67 bits per heavy atom. The summed E-state index contributed by atoms with van der Waals surface area (Å²) in [6.07, 6.45) is 0. The summed E-state index contributed by atoms with van der Waals surface area (Å²) in [7, 11) is 1.55. The maximum Gasteiger partial charge on any atom is 0.337 e. The molecule has 0 fully saturated rings. The minimum Gasteiger partial charge on any atom is -0.478 e. The predicted octanol–water partition coefficient (Wildman–Crippen LogP) is 1.94. The number of nitrogens with two attached hydrogens (primary N) is 1. The van der Waals surface area contributed by atoms with E-state index < -0.39 is 17.4 Å². The maximum atomic E-state index is 13.6. The Balaban J connectivity index is 2.96. The Hall–Kier alpha value is -1.82. The molecule has 0 amide bonds. The highest BCUT2D eigenvalue weighted by Gasteiger charge is 2.18. The Bertz CT molecular complexity index is 461. The van der Waals surface area contributed by atoms with Crippen LogP contribution in [0, 0.1) is 5.82 Å². The van der Waals surface area contributed by atoms with Crippen LogP contribution < -0.4 is 11.1 Å². The number of nitrogens with one attached hydrogen (secondary N) is 1. The quantitative estimate of drug-likeness (QED) is 0.701. The molecule has 0 aromatic heterocycles. The standard InChI is InChI=1S/C12H17FN2O3/c1-12(2,18-3)6-15-10-4-7(11(16)17)9(14)5-8(10)13/h4-5,15H,6,14H2,1-3H3,(H,16,17). The molecule has 0 atom stereocenters. The molecule has 0 aliphatic heterocycles. The van der Waals surface area contributed by atoms with Gasteiger partial charge in [-0.1, -0.05) is 0 Å². The van der Waals surface area contributed by atoms with Gasteiger partial charge >= 0.3 is 5.97 Å². The van der Waals surface area contributed by atoms with Crippen LogP contribution in [0.1, 0.15) is 24.2 Å². The summed E-state index contributed by atoms with van der Waals surface area (Å²) in [5, 5.41) is 11.7. The molecule has 0 unspecified atom stereocenters. The van der Waals surface area contributed by atoms with Crippen LogP contribution in [0.2, 0.25) is 0 Å². The molecular weight excluding hydrogens is 239 g/mol. The fraction of sp³-hybridized carbons (Fsp3) is 0.417. The van der Waals surface area contributed by atoms with Crippen LogP contribution in [0.3, 0.4) is 0 Å². The third kappa shape index (κ3) is 3.33.